The van der Waals surface area contributed by atoms with E-state index in [1.807, 2.05) is 30.1 Å². The highest BCUT2D eigenvalue weighted by Crippen LogP contribution is 2.25. The first-order valence-electron chi connectivity index (χ1n) is 6.07. The van der Waals surface area contributed by atoms with Gasteiger partial charge in [-0.1, -0.05) is 28.1 Å². The number of amides is 1. The van der Waals surface area contributed by atoms with Crippen LogP contribution in [-0.2, 0) is 4.79 Å². The van der Waals surface area contributed by atoms with Crippen LogP contribution in [0.25, 0.3) is 0 Å². The van der Waals surface area contributed by atoms with Gasteiger partial charge in [0, 0.05) is 35.9 Å². The quantitative estimate of drug-likeness (QED) is 0.832. The Morgan fingerprint density at radius 2 is 2.16 bits per heavy atom. The van der Waals surface area contributed by atoms with Crippen LogP contribution in [0.1, 0.15) is 12.0 Å². The molecule has 19 heavy (non-hydrogen) atoms. The lowest BCUT2D eigenvalue weighted by molar-refractivity contribution is -0.127. The number of anilines is 1. The molecule has 6 heteroatoms. The van der Waals surface area contributed by atoms with Gasteiger partial charge < -0.3 is 15.5 Å². The van der Waals surface area contributed by atoms with Gasteiger partial charge in [0.15, 0.2) is 0 Å². The molecule has 0 atom stereocenters. The van der Waals surface area contributed by atoms with Crippen LogP contribution in [0.3, 0.4) is 0 Å². The van der Waals surface area contributed by atoms with Crippen LogP contribution in [0.4, 0.5) is 5.69 Å². The lowest BCUT2D eigenvalue weighted by Crippen LogP contribution is -2.35. The van der Waals surface area contributed by atoms with E-state index >= 15 is 0 Å². The number of thiocarbonyl (C=S) groups is 1. The molecule has 0 spiro atoms. The van der Waals surface area contributed by atoms with Crippen LogP contribution in [0.15, 0.2) is 22.7 Å². The fourth-order valence-corrected chi connectivity index (χ4v) is 2.70. The second-order valence-electron chi connectivity index (χ2n) is 4.62. The van der Waals surface area contributed by atoms with Crippen molar-refractivity contribution in [3.05, 3.63) is 28.2 Å². The van der Waals surface area contributed by atoms with Crippen molar-refractivity contribution in [2.75, 3.05) is 31.6 Å². The number of rotatable bonds is 2. The molecule has 1 saturated heterocycles. The molecule has 4 nitrogen and oxygen atoms in total. The second kappa shape index (κ2) is 5.88. The molecule has 1 heterocycles. The fourth-order valence-electron chi connectivity index (χ4n) is 2.17. The van der Waals surface area contributed by atoms with Crippen LogP contribution in [0.2, 0.25) is 0 Å². The van der Waals surface area contributed by atoms with Gasteiger partial charge in [0.05, 0.1) is 6.54 Å². The molecule has 0 aliphatic carbocycles. The summed E-state index contributed by atoms with van der Waals surface area (Å²) in [4.78, 5) is 16.1. The molecule has 102 valence electrons. The number of halogens is 1. The van der Waals surface area contributed by atoms with Crippen LogP contribution >= 0.6 is 28.1 Å². The lowest BCUT2D eigenvalue weighted by atomic mass is 10.1. The molecule has 2 N–H and O–H groups in total. The Morgan fingerprint density at radius 3 is 2.84 bits per heavy atom. The number of carbonyl (C=O) groups is 1. The number of hydrogen-bond donors (Lipinski definition) is 1. The summed E-state index contributed by atoms with van der Waals surface area (Å²) in [5, 5.41) is 0. The van der Waals surface area contributed by atoms with E-state index in [1.165, 1.54) is 0 Å². The first-order valence-corrected chi connectivity index (χ1v) is 7.27. The van der Waals surface area contributed by atoms with Crippen molar-refractivity contribution in [3.8, 4) is 0 Å². The highest BCUT2D eigenvalue weighted by Gasteiger charge is 2.21. The zero-order valence-electron chi connectivity index (χ0n) is 10.7. The number of hydrogen-bond acceptors (Lipinski definition) is 3. The first-order chi connectivity index (χ1) is 8.99. The van der Waals surface area contributed by atoms with Crippen LogP contribution in [-0.4, -0.2) is 42.5 Å². The third-order valence-electron chi connectivity index (χ3n) is 3.24. The van der Waals surface area contributed by atoms with Gasteiger partial charge in [-0.05, 0) is 24.6 Å². The SMILES string of the molecule is CN1CCCN(c2ccc(Br)cc2C(N)=S)CC1=O. The molecule has 1 aromatic carbocycles. The zero-order chi connectivity index (χ0) is 14.0. The maximum absolute atomic E-state index is 12.0. The maximum atomic E-state index is 12.0. The van der Waals surface area contributed by atoms with Crippen molar-refractivity contribution in [2.45, 2.75) is 6.42 Å². The van der Waals surface area contributed by atoms with Gasteiger partial charge in [-0.15, -0.1) is 0 Å². The molecule has 1 aliphatic rings. The van der Waals surface area contributed by atoms with Gasteiger partial charge in [-0.2, -0.15) is 0 Å². The summed E-state index contributed by atoms with van der Waals surface area (Å²) in [6.45, 7) is 1.98. The largest absolute Gasteiger partial charge is 0.389 e. The number of benzene rings is 1. The molecule has 1 aliphatic heterocycles. The van der Waals surface area contributed by atoms with E-state index in [4.69, 9.17) is 18.0 Å². The lowest BCUT2D eigenvalue weighted by Gasteiger charge is -2.24. The van der Waals surface area contributed by atoms with E-state index in [0.717, 1.165) is 35.2 Å². The molecule has 2 rings (SSSR count). The number of nitrogens with zero attached hydrogens (tertiary/aromatic N) is 2. The van der Waals surface area contributed by atoms with Crippen molar-refractivity contribution in [2.24, 2.45) is 5.73 Å². The van der Waals surface area contributed by atoms with Crippen LogP contribution in [0.5, 0.6) is 0 Å². The van der Waals surface area contributed by atoms with Crippen LogP contribution in [0, 0.1) is 0 Å². The summed E-state index contributed by atoms with van der Waals surface area (Å²) >= 11 is 8.52. The third-order valence-corrected chi connectivity index (χ3v) is 3.95. The van der Waals surface area contributed by atoms with Gasteiger partial charge in [0.1, 0.15) is 4.99 Å². The molecular formula is C13H16BrN3OS. The van der Waals surface area contributed by atoms with E-state index in [2.05, 4.69) is 15.9 Å². The van der Waals surface area contributed by atoms with Crippen molar-refractivity contribution in [3.63, 3.8) is 0 Å². The molecule has 0 saturated carbocycles. The molecule has 0 aromatic heterocycles. The summed E-state index contributed by atoms with van der Waals surface area (Å²) in [5.74, 6) is 0.120. The third kappa shape index (κ3) is 3.25. The molecule has 0 bridgehead atoms. The Balaban J connectivity index is 2.35. The molecule has 0 radical (unpaired) electrons. The molecule has 1 aromatic rings. The summed E-state index contributed by atoms with van der Waals surface area (Å²) in [6.07, 6.45) is 0.940. The Bertz CT molecular complexity index is 521. The summed E-state index contributed by atoms with van der Waals surface area (Å²) < 4.78 is 0.928. The maximum Gasteiger partial charge on any atom is 0.241 e. The average Bonchev–Trinajstić information content (AvgIpc) is 2.52. The Kier molecular flexibility index (Phi) is 4.42. The number of carbonyl (C=O) groups excluding carboxylic acids is 1. The summed E-state index contributed by atoms with van der Waals surface area (Å²) in [5.41, 5.74) is 7.52. The zero-order valence-corrected chi connectivity index (χ0v) is 13.1. The van der Waals surface area contributed by atoms with E-state index in [9.17, 15) is 4.79 Å². The Morgan fingerprint density at radius 1 is 1.42 bits per heavy atom. The minimum atomic E-state index is 0.120. The minimum absolute atomic E-state index is 0.120. The normalized spacial score (nSPS) is 16.4. The number of likely N-dealkylation sites (N-methyl/N-ethyl adjacent to an activating group) is 1. The highest BCUT2D eigenvalue weighted by molar-refractivity contribution is 9.10. The second-order valence-corrected chi connectivity index (χ2v) is 5.97. The van der Waals surface area contributed by atoms with Crippen molar-refractivity contribution < 1.29 is 4.79 Å². The van der Waals surface area contributed by atoms with E-state index in [-0.39, 0.29) is 5.91 Å². The first kappa shape index (κ1) is 14.3. The van der Waals surface area contributed by atoms with Crippen molar-refractivity contribution in [1.29, 1.82) is 0 Å². The topological polar surface area (TPSA) is 49.6 Å². The number of nitrogens with two attached hydrogens (primary N) is 1. The summed E-state index contributed by atoms with van der Waals surface area (Å²) in [6, 6.07) is 5.80. The minimum Gasteiger partial charge on any atom is -0.389 e. The van der Waals surface area contributed by atoms with Gasteiger partial charge in [0.25, 0.3) is 0 Å². The highest BCUT2D eigenvalue weighted by atomic mass is 79.9. The molecular weight excluding hydrogens is 326 g/mol. The predicted octanol–water partition coefficient (Wildman–Crippen LogP) is 1.75. The predicted molar refractivity (Wildman–Crippen MR) is 84.5 cm³/mol. The molecule has 1 amide bonds. The standard InChI is InChI=1S/C13H16BrN3OS/c1-16-5-2-6-17(8-12(16)18)11-4-3-9(14)7-10(11)13(15)19/h3-4,7H,2,5-6,8H2,1H3,(H2,15,19). The monoisotopic (exact) mass is 341 g/mol. The Hall–Kier alpha value is -1.14. The van der Waals surface area contributed by atoms with Gasteiger partial charge in [-0.3, -0.25) is 4.79 Å². The van der Waals surface area contributed by atoms with E-state index < -0.39 is 0 Å². The average molecular weight is 342 g/mol. The molecule has 0 unspecified atom stereocenters. The summed E-state index contributed by atoms with van der Waals surface area (Å²) in [7, 11) is 1.84. The fraction of sp³-hybridized carbons (Fsp3) is 0.385. The van der Waals surface area contributed by atoms with E-state index in [0.29, 0.717) is 11.5 Å². The smallest absolute Gasteiger partial charge is 0.241 e. The molecule has 1 fully saturated rings. The Labute approximate surface area is 126 Å². The van der Waals surface area contributed by atoms with Gasteiger partial charge in [0.2, 0.25) is 5.91 Å². The van der Waals surface area contributed by atoms with Crippen molar-refractivity contribution >= 4 is 44.7 Å². The van der Waals surface area contributed by atoms with Crippen LogP contribution < -0.4 is 10.6 Å². The van der Waals surface area contributed by atoms with Gasteiger partial charge >= 0.3 is 0 Å². The van der Waals surface area contributed by atoms with E-state index in [1.54, 1.807) is 4.90 Å². The van der Waals surface area contributed by atoms with Crippen molar-refractivity contribution in [1.82, 2.24) is 4.90 Å². The van der Waals surface area contributed by atoms with Gasteiger partial charge in [-0.25, -0.2) is 0 Å².